The first-order valence-corrected chi connectivity index (χ1v) is 12.4. The summed E-state index contributed by atoms with van der Waals surface area (Å²) in [6, 6.07) is 9.12. The van der Waals surface area contributed by atoms with Gasteiger partial charge in [-0.25, -0.2) is 9.78 Å². The molecule has 2 aromatic heterocycles. The standard InChI is InChI=1S/C26H30N6O4/c1-3-13-36-26(34)31-12-10-17-15-21(35-2)19(14-18(17)16-31)25(33)28-22-8-6-7-20(27-22)24-30-29-23-9-4-5-11-32(23)24/h6-8,14-15H,3-5,9-13,16H2,1-2H3,(H,27,28,33). The number of benzene rings is 1. The van der Waals surface area contributed by atoms with Crippen LogP contribution in [0.1, 0.15) is 53.5 Å². The van der Waals surface area contributed by atoms with E-state index in [4.69, 9.17) is 9.47 Å². The van der Waals surface area contributed by atoms with Crippen molar-refractivity contribution in [1.82, 2.24) is 24.6 Å². The summed E-state index contributed by atoms with van der Waals surface area (Å²) in [5, 5.41) is 11.5. The Kier molecular flexibility index (Phi) is 6.84. The zero-order chi connectivity index (χ0) is 25.1. The number of pyridine rings is 1. The van der Waals surface area contributed by atoms with Gasteiger partial charge in [-0.3, -0.25) is 4.79 Å². The van der Waals surface area contributed by atoms with Crippen LogP contribution in [0.2, 0.25) is 0 Å². The normalized spacial score (nSPS) is 14.6. The summed E-state index contributed by atoms with van der Waals surface area (Å²) in [6.45, 7) is 4.16. The van der Waals surface area contributed by atoms with Crippen molar-refractivity contribution < 1.29 is 19.1 Å². The molecule has 2 aliphatic rings. The van der Waals surface area contributed by atoms with Crippen molar-refractivity contribution in [2.24, 2.45) is 0 Å². The van der Waals surface area contributed by atoms with Crippen LogP contribution in [0, 0.1) is 0 Å². The van der Waals surface area contributed by atoms with Gasteiger partial charge in [0, 0.05) is 26.1 Å². The molecule has 36 heavy (non-hydrogen) atoms. The van der Waals surface area contributed by atoms with Crippen LogP contribution in [0.4, 0.5) is 10.6 Å². The van der Waals surface area contributed by atoms with Crippen molar-refractivity contribution in [3.05, 3.63) is 52.8 Å². The molecular weight excluding hydrogens is 460 g/mol. The van der Waals surface area contributed by atoms with Gasteiger partial charge in [-0.05, 0) is 61.1 Å². The van der Waals surface area contributed by atoms with Gasteiger partial charge in [0.1, 0.15) is 23.1 Å². The molecule has 0 atom stereocenters. The predicted molar refractivity (Wildman–Crippen MR) is 133 cm³/mol. The summed E-state index contributed by atoms with van der Waals surface area (Å²) in [5.41, 5.74) is 3.00. The van der Waals surface area contributed by atoms with Crippen LogP contribution in [0.15, 0.2) is 30.3 Å². The van der Waals surface area contributed by atoms with Gasteiger partial charge in [-0.1, -0.05) is 13.0 Å². The number of fused-ring (bicyclic) bond motifs is 2. The van der Waals surface area contributed by atoms with E-state index in [1.54, 1.807) is 24.1 Å². The quantitative estimate of drug-likeness (QED) is 0.559. The summed E-state index contributed by atoms with van der Waals surface area (Å²) < 4.78 is 12.9. The van der Waals surface area contributed by atoms with E-state index in [-0.39, 0.29) is 12.0 Å². The second-order valence-electron chi connectivity index (χ2n) is 9.02. The number of hydrogen-bond acceptors (Lipinski definition) is 7. The second kappa shape index (κ2) is 10.3. The predicted octanol–water partition coefficient (Wildman–Crippen LogP) is 3.84. The molecule has 0 spiro atoms. The van der Waals surface area contributed by atoms with Gasteiger partial charge in [0.15, 0.2) is 5.82 Å². The molecule has 3 aromatic rings. The molecule has 5 rings (SSSR count). The summed E-state index contributed by atoms with van der Waals surface area (Å²) in [7, 11) is 1.54. The molecule has 10 heteroatoms. The average Bonchev–Trinajstić information content (AvgIpc) is 3.35. The first-order chi connectivity index (χ1) is 17.6. The number of nitrogens with zero attached hydrogens (tertiary/aromatic N) is 5. The number of aryl methyl sites for hydroxylation is 1. The third-order valence-corrected chi connectivity index (χ3v) is 6.55. The lowest BCUT2D eigenvalue weighted by molar-refractivity contribution is 0.0978. The van der Waals surface area contributed by atoms with Crippen LogP contribution >= 0.6 is 0 Å². The van der Waals surface area contributed by atoms with Crippen molar-refractivity contribution >= 4 is 17.8 Å². The highest BCUT2D eigenvalue weighted by Crippen LogP contribution is 2.29. The molecule has 0 saturated heterocycles. The SMILES string of the molecule is CCCOC(=O)N1CCc2cc(OC)c(C(=O)Nc3cccc(-c4nnc5n4CCCC5)n3)cc2C1. The number of carbonyl (C=O) groups is 2. The number of carbonyl (C=O) groups excluding carboxylic acids is 2. The molecule has 10 nitrogen and oxygen atoms in total. The number of rotatable bonds is 6. The lowest BCUT2D eigenvalue weighted by Gasteiger charge is -2.29. The Labute approximate surface area is 209 Å². The number of nitrogens with one attached hydrogen (secondary N) is 1. The van der Waals surface area contributed by atoms with Gasteiger partial charge >= 0.3 is 6.09 Å². The first-order valence-electron chi connectivity index (χ1n) is 12.4. The van der Waals surface area contributed by atoms with E-state index >= 15 is 0 Å². The van der Waals surface area contributed by atoms with Crippen LogP contribution in [0.25, 0.3) is 11.5 Å². The molecule has 0 fully saturated rings. The Morgan fingerprint density at radius 3 is 2.81 bits per heavy atom. The van der Waals surface area contributed by atoms with Crippen LogP contribution in [0.5, 0.6) is 5.75 Å². The van der Waals surface area contributed by atoms with Crippen LogP contribution in [-0.4, -0.2) is 56.9 Å². The van der Waals surface area contributed by atoms with E-state index in [9.17, 15) is 9.59 Å². The van der Waals surface area contributed by atoms with Gasteiger partial charge in [0.2, 0.25) is 0 Å². The van der Waals surface area contributed by atoms with E-state index < -0.39 is 0 Å². The number of methoxy groups -OCH3 is 1. The van der Waals surface area contributed by atoms with E-state index in [2.05, 4.69) is 25.1 Å². The third kappa shape index (κ3) is 4.75. The van der Waals surface area contributed by atoms with E-state index in [1.165, 1.54) is 0 Å². The van der Waals surface area contributed by atoms with Crippen LogP contribution < -0.4 is 10.1 Å². The topological polar surface area (TPSA) is 111 Å². The number of amides is 2. The molecule has 2 amide bonds. The Bertz CT molecular complexity index is 1290. The van der Waals surface area contributed by atoms with Gasteiger partial charge in [0.25, 0.3) is 5.91 Å². The number of aromatic nitrogens is 4. The monoisotopic (exact) mass is 490 g/mol. The maximum atomic E-state index is 13.3. The third-order valence-electron chi connectivity index (χ3n) is 6.55. The summed E-state index contributed by atoms with van der Waals surface area (Å²) >= 11 is 0. The first kappa shape index (κ1) is 23.8. The van der Waals surface area contributed by atoms with Gasteiger partial charge in [-0.15, -0.1) is 10.2 Å². The van der Waals surface area contributed by atoms with Crippen molar-refractivity contribution in [1.29, 1.82) is 0 Å². The summed E-state index contributed by atoms with van der Waals surface area (Å²) in [6.07, 6.45) is 4.21. The molecule has 1 aromatic carbocycles. The second-order valence-corrected chi connectivity index (χ2v) is 9.02. The maximum Gasteiger partial charge on any atom is 0.410 e. The summed E-state index contributed by atoms with van der Waals surface area (Å²) in [4.78, 5) is 31.9. The fraction of sp³-hybridized carbons (Fsp3) is 0.423. The van der Waals surface area contributed by atoms with E-state index in [1.807, 2.05) is 25.1 Å². The zero-order valence-corrected chi connectivity index (χ0v) is 20.6. The minimum atomic E-state index is -0.340. The van der Waals surface area contributed by atoms with Gasteiger partial charge < -0.3 is 24.3 Å². The minimum absolute atomic E-state index is 0.332. The van der Waals surface area contributed by atoms with Crippen LogP contribution in [0.3, 0.4) is 0 Å². The van der Waals surface area contributed by atoms with Crippen molar-refractivity contribution in [3.8, 4) is 17.3 Å². The van der Waals surface area contributed by atoms with Gasteiger partial charge in [-0.2, -0.15) is 0 Å². The minimum Gasteiger partial charge on any atom is -0.496 e. The highest BCUT2D eigenvalue weighted by Gasteiger charge is 2.25. The van der Waals surface area contributed by atoms with E-state index in [0.29, 0.717) is 54.8 Å². The molecule has 188 valence electrons. The molecule has 0 bridgehead atoms. The lowest BCUT2D eigenvalue weighted by Crippen LogP contribution is -2.36. The van der Waals surface area contributed by atoms with Crippen molar-refractivity contribution in [2.75, 3.05) is 25.6 Å². The smallest absolute Gasteiger partial charge is 0.410 e. The highest BCUT2D eigenvalue weighted by molar-refractivity contribution is 6.06. The zero-order valence-electron chi connectivity index (χ0n) is 20.6. The summed E-state index contributed by atoms with van der Waals surface area (Å²) in [5.74, 6) is 2.24. The Morgan fingerprint density at radius 2 is 1.97 bits per heavy atom. The van der Waals surface area contributed by atoms with Crippen LogP contribution in [-0.2, 0) is 30.7 Å². The molecule has 1 N–H and O–H groups in total. The lowest BCUT2D eigenvalue weighted by atomic mass is 9.96. The average molecular weight is 491 g/mol. The molecule has 0 radical (unpaired) electrons. The molecule has 4 heterocycles. The fourth-order valence-electron chi connectivity index (χ4n) is 4.68. The molecule has 2 aliphatic heterocycles. The fourth-order valence-corrected chi connectivity index (χ4v) is 4.68. The highest BCUT2D eigenvalue weighted by atomic mass is 16.6. The molecular formula is C26H30N6O4. The number of hydrogen-bond donors (Lipinski definition) is 1. The molecule has 0 saturated carbocycles. The van der Waals surface area contributed by atoms with E-state index in [0.717, 1.165) is 49.2 Å². The molecule has 0 unspecified atom stereocenters. The number of ether oxygens (including phenoxy) is 2. The molecule has 0 aliphatic carbocycles. The Balaban J connectivity index is 1.36. The van der Waals surface area contributed by atoms with Crippen molar-refractivity contribution in [2.45, 2.75) is 52.1 Å². The largest absolute Gasteiger partial charge is 0.496 e. The Hall–Kier alpha value is -3.95. The number of anilines is 1. The Morgan fingerprint density at radius 1 is 1.08 bits per heavy atom. The van der Waals surface area contributed by atoms with Crippen molar-refractivity contribution in [3.63, 3.8) is 0 Å². The van der Waals surface area contributed by atoms with Gasteiger partial charge in [0.05, 0.1) is 19.3 Å². The maximum absolute atomic E-state index is 13.3.